The molecule has 1 aliphatic rings. The van der Waals surface area contributed by atoms with Crippen LogP contribution in [0.15, 0.2) is 36.7 Å². The number of amides is 1. The molecule has 1 fully saturated rings. The van der Waals surface area contributed by atoms with Gasteiger partial charge in [0.05, 0.1) is 0 Å². The van der Waals surface area contributed by atoms with Gasteiger partial charge in [0.25, 0.3) is 5.91 Å². The van der Waals surface area contributed by atoms with Crippen LogP contribution in [-0.2, 0) is 6.42 Å². The number of carbonyl (C=O) groups excluding carboxylic acids is 1. The van der Waals surface area contributed by atoms with Crippen molar-refractivity contribution < 1.29 is 4.79 Å². The van der Waals surface area contributed by atoms with E-state index in [-0.39, 0.29) is 5.91 Å². The molecule has 3 rings (SSSR count). The summed E-state index contributed by atoms with van der Waals surface area (Å²) in [6.07, 6.45) is 7.85. The summed E-state index contributed by atoms with van der Waals surface area (Å²) in [5, 5.41) is 0. The van der Waals surface area contributed by atoms with E-state index in [1.165, 1.54) is 5.56 Å². The molecule has 0 bridgehead atoms. The number of carbonyl (C=O) groups is 1. The number of likely N-dealkylation sites (tertiary alicyclic amines) is 1. The maximum atomic E-state index is 12.5. The van der Waals surface area contributed by atoms with Gasteiger partial charge in [-0.2, -0.15) is 0 Å². The standard InChI is InChI=1S/C20H28N4O/c1-3-7-16-8-5-13-22-19(16)24(4-2)17-10-14-23(15-11-17)20(25)18-9-6-12-21-18/h5-6,8-9,12-13,17,21H,3-4,7,10-11,14-15H2,1-2H3. The number of rotatable bonds is 6. The van der Waals surface area contributed by atoms with Crippen molar-refractivity contribution in [2.75, 3.05) is 24.5 Å². The van der Waals surface area contributed by atoms with Crippen LogP contribution < -0.4 is 4.90 Å². The molecule has 5 nitrogen and oxygen atoms in total. The molecule has 0 spiro atoms. The van der Waals surface area contributed by atoms with Crippen LogP contribution in [-0.4, -0.2) is 46.5 Å². The first-order valence-electron chi connectivity index (χ1n) is 9.37. The van der Waals surface area contributed by atoms with E-state index >= 15 is 0 Å². The SMILES string of the molecule is CCCc1cccnc1N(CC)C1CCN(C(=O)c2ccc[nH]2)CC1. The molecule has 1 amide bonds. The van der Waals surface area contributed by atoms with Crippen LogP contribution in [0.2, 0.25) is 0 Å². The lowest BCUT2D eigenvalue weighted by atomic mass is 10.0. The van der Waals surface area contributed by atoms with E-state index in [9.17, 15) is 4.79 Å². The molecule has 1 aliphatic heterocycles. The first-order valence-corrected chi connectivity index (χ1v) is 9.37. The average Bonchev–Trinajstić information content (AvgIpc) is 3.19. The highest BCUT2D eigenvalue weighted by Gasteiger charge is 2.28. The van der Waals surface area contributed by atoms with Crippen LogP contribution in [0, 0.1) is 0 Å². The minimum Gasteiger partial charge on any atom is -0.357 e. The van der Waals surface area contributed by atoms with Gasteiger partial charge in [0.2, 0.25) is 0 Å². The van der Waals surface area contributed by atoms with Crippen molar-refractivity contribution in [1.29, 1.82) is 0 Å². The van der Waals surface area contributed by atoms with Gasteiger partial charge in [0.15, 0.2) is 0 Å². The Morgan fingerprint density at radius 3 is 2.72 bits per heavy atom. The van der Waals surface area contributed by atoms with Crippen molar-refractivity contribution in [3.05, 3.63) is 47.9 Å². The van der Waals surface area contributed by atoms with Gasteiger partial charge in [-0.15, -0.1) is 0 Å². The van der Waals surface area contributed by atoms with Crippen LogP contribution in [0.1, 0.15) is 49.2 Å². The Morgan fingerprint density at radius 2 is 2.08 bits per heavy atom. The molecule has 2 aromatic heterocycles. The molecule has 0 radical (unpaired) electrons. The molecule has 134 valence electrons. The first kappa shape index (κ1) is 17.5. The zero-order valence-electron chi connectivity index (χ0n) is 15.2. The van der Waals surface area contributed by atoms with Gasteiger partial charge in [-0.1, -0.05) is 19.4 Å². The number of piperidine rings is 1. The largest absolute Gasteiger partial charge is 0.357 e. The second kappa shape index (κ2) is 8.19. The lowest BCUT2D eigenvalue weighted by Gasteiger charge is -2.39. The number of aryl methyl sites for hydroxylation is 1. The highest BCUT2D eigenvalue weighted by atomic mass is 16.2. The average molecular weight is 340 g/mol. The number of anilines is 1. The highest BCUT2D eigenvalue weighted by molar-refractivity contribution is 5.92. The Balaban J connectivity index is 1.67. The number of nitrogens with zero attached hydrogens (tertiary/aromatic N) is 3. The summed E-state index contributed by atoms with van der Waals surface area (Å²) >= 11 is 0. The number of pyridine rings is 1. The minimum atomic E-state index is 0.107. The third kappa shape index (κ3) is 3.86. The molecule has 3 heterocycles. The van der Waals surface area contributed by atoms with Gasteiger partial charge in [-0.05, 0) is 49.9 Å². The fourth-order valence-corrected chi connectivity index (χ4v) is 3.75. The Morgan fingerprint density at radius 1 is 1.28 bits per heavy atom. The maximum Gasteiger partial charge on any atom is 0.270 e. The van der Waals surface area contributed by atoms with Crippen molar-refractivity contribution >= 4 is 11.7 Å². The number of aromatic amines is 1. The molecule has 5 heteroatoms. The number of H-pyrrole nitrogens is 1. The molecule has 1 N–H and O–H groups in total. The number of nitrogens with one attached hydrogen (secondary N) is 1. The maximum absolute atomic E-state index is 12.5. The van der Waals surface area contributed by atoms with Gasteiger partial charge < -0.3 is 14.8 Å². The lowest BCUT2D eigenvalue weighted by molar-refractivity contribution is 0.0707. The molecule has 0 saturated carbocycles. The van der Waals surface area contributed by atoms with Gasteiger partial charge in [-0.3, -0.25) is 4.79 Å². The van der Waals surface area contributed by atoms with E-state index in [2.05, 4.69) is 34.8 Å². The molecule has 2 aromatic rings. The molecule has 1 saturated heterocycles. The van der Waals surface area contributed by atoms with E-state index in [4.69, 9.17) is 0 Å². The fourth-order valence-electron chi connectivity index (χ4n) is 3.75. The normalized spacial score (nSPS) is 15.4. The summed E-state index contributed by atoms with van der Waals surface area (Å²) in [4.78, 5) is 24.6. The van der Waals surface area contributed by atoms with E-state index in [1.54, 1.807) is 6.20 Å². The lowest BCUT2D eigenvalue weighted by Crippen LogP contribution is -2.47. The third-order valence-corrected chi connectivity index (χ3v) is 5.02. The summed E-state index contributed by atoms with van der Waals surface area (Å²) in [7, 11) is 0. The summed E-state index contributed by atoms with van der Waals surface area (Å²) in [5.41, 5.74) is 2.01. The zero-order chi connectivity index (χ0) is 17.6. The van der Waals surface area contributed by atoms with E-state index in [0.29, 0.717) is 11.7 Å². The van der Waals surface area contributed by atoms with Crippen LogP contribution in [0.3, 0.4) is 0 Å². The molecule has 0 aromatic carbocycles. The third-order valence-electron chi connectivity index (χ3n) is 5.02. The van der Waals surface area contributed by atoms with Crippen LogP contribution in [0.25, 0.3) is 0 Å². The van der Waals surface area contributed by atoms with E-state index in [0.717, 1.165) is 51.1 Å². The molecule has 0 aliphatic carbocycles. The Bertz CT molecular complexity index is 675. The second-order valence-electron chi connectivity index (χ2n) is 6.63. The van der Waals surface area contributed by atoms with E-state index < -0.39 is 0 Å². The smallest absolute Gasteiger partial charge is 0.270 e. The highest BCUT2D eigenvalue weighted by Crippen LogP contribution is 2.26. The predicted molar refractivity (Wildman–Crippen MR) is 101 cm³/mol. The van der Waals surface area contributed by atoms with Gasteiger partial charge >= 0.3 is 0 Å². The van der Waals surface area contributed by atoms with Crippen molar-refractivity contribution in [3.63, 3.8) is 0 Å². The zero-order valence-corrected chi connectivity index (χ0v) is 15.2. The predicted octanol–water partition coefficient (Wildman–Crippen LogP) is 3.49. The fraction of sp³-hybridized carbons (Fsp3) is 0.500. The van der Waals surface area contributed by atoms with Gasteiger partial charge in [0, 0.05) is 38.1 Å². The molecule has 0 unspecified atom stereocenters. The van der Waals surface area contributed by atoms with Crippen molar-refractivity contribution in [1.82, 2.24) is 14.9 Å². The van der Waals surface area contributed by atoms with Gasteiger partial charge in [0.1, 0.15) is 11.5 Å². The summed E-state index contributed by atoms with van der Waals surface area (Å²) in [5.74, 6) is 1.23. The Kier molecular flexibility index (Phi) is 5.74. The van der Waals surface area contributed by atoms with Crippen LogP contribution in [0.4, 0.5) is 5.82 Å². The molecule has 25 heavy (non-hydrogen) atoms. The Labute approximate surface area is 150 Å². The topological polar surface area (TPSA) is 52.2 Å². The van der Waals surface area contributed by atoms with Crippen molar-refractivity contribution in [2.24, 2.45) is 0 Å². The Hall–Kier alpha value is -2.30. The number of hydrogen-bond acceptors (Lipinski definition) is 3. The van der Waals surface area contributed by atoms with Crippen molar-refractivity contribution in [3.8, 4) is 0 Å². The van der Waals surface area contributed by atoms with E-state index in [1.807, 2.05) is 29.3 Å². The molecular formula is C20H28N4O. The van der Waals surface area contributed by atoms with Crippen LogP contribution >= 0.6 is 0 Å². The van der Waals surface area contributed by atoms with Crippen LogP contribution in [0.5, 0.6) is 0 Å². The summed E-state index contributed by atoms with van der Waals surface area (Å²) < 4.78 is 0. The van der Waals surface area contributed by atoms with Gasteiger partial charge in [-0.25, -0.2) is 4.98 Å². The quantitative estimate of drug-likeness (QED) is 0.876. The second-order valence-corrected chi connectivity index (χ2v) is 6.63. The molecular weight excluding hydrogens is 312 g/mol. The monoisotopic (exact) mass is 340 g/mol. The van der Waals surface area contributed by atoms with Crippen molar-refractivity contribution in [2.45, 2.75) is 45.6 Å². The number of hydrogen-bond donors (Lipinski definition) is 1. The first-order chi connectivity index (χ1) is 12.2. The number of aromatic nitrogens is 2. The summed E-state index contributed by atoms with van der Waals surface area (Å²) in [6.45, 7) is 6.95. The molecule has 0 atom stereocenters. The minimum absolute atomic E-state index is 0.107. The summed E-state index contributed by atoms with van der Waals surface area (Å²) in [6, 6.07) is 8.38.